The molecule has 0 fully saturated rings. The molecular formula is C8H3Cl4N3O. The van der Waals surface area contributed by atoms with E-state index in [9.17, 15) is 4.91 Å². The number of nitrogens with zero attached hydrogens (tertiary/aromatic N) is 2. The van der Waals surface area contributed by atoms with Gasteiger partial charge in [0.1, 0.15) is 5.84 Å². The minimum absolute atomic E-state index is 0.0608. The van der Waals surface area contributed by atoms with E-state index in [-0.39, 0.29) is 25.9 Å². The van der Waals surface area contributed by atoms with Gasteiger partial charge in [-0.25, -0.2) is 4.99 Å². The molecular weight excluding hydrogens is 296 g/mol. The van der Waals surface area contributed by atoms with Crippen molar-refractivity contribution in [2.24, 2.45) is 15.9 Å². The Balaban J connectivity index is 2.85. The van der Waals surface area contributed by atoms with Crippen molar-refractivity contribution in [3.8, 4) is 0 Å². The number of benzene rings is 1. The molecule has 8 heteroatoms. The number of amidine groups is 1. The average Bonchev–Trinajstić information content (AvgIpc) is 2.60. The van der Waals surface area contributed by atoms with Gasteiger partial charge in [-0.05, 0) is 5.18 Å². The summed E-state index contributed by atoms with van der Waals surface area (Å²) in [5.74, 6) is 0.0741. The van der Waals surface area contributed by atoms with Crippen LogP contribution in [0.2, 0.25) is 20.1 Å². The number of rotatable bonds is 1. The second-order valence-electron chi connectivity index (χ2n) is 3.04. The van der Waals surface area contributed by atoms with Crippen LogP contribution in [0.3, 0.4) is 0 Å². The van der Waals surface area contributed by atoms with Crippen LogP contribution in [0.5, 0.6) is 0 Å². The van der Waals surface area contributed by atoms with E-state index in [4.69, 9.17) is 52.1 Å². The standard InChI is InChI=1S/C8H3Cl4N3O/c9-3-1-2(4(10)6(12)5(3)11)8(15-16)14-7(1)13/h8H,(H2,13,14). The van der Waals surface area contributed by atoms with Crippen molar-refractivity contribution in [2.75, 3.05) is 0 Å². The molecule has 0 aromatic heterocycles. The van der Waals surface area contributed by atoms with Crippen LogP contribution in [-0.4, -0.2) is 5.84 Å². The first-order chi connectivity index (χ1) is 7.49. The summed E-state index contributed by atoms with van der Waals surface area (Å²) >= 11 is 23.6. The lowest BCUT2D eigenvalue weighted by Crippen LogP contribution is -2.11. The maximum absolute atomic E-state index is 10.6. The summed E-state index contributed by atoms with van der Waals surface area (Å²) in [6, 6.07) is 0. The summed E-state index contributed by atoms with van der Waals surface area (Å²) in [7, 11) is 0. The molecule has 0 radical (unpaired) electrons. The van der Waals surface area contributed by atoms with Crippen molar-refractivity contribution >= 4 is 52.2 Å². The topological polar surface area (TPSA) is 67.8 Å². The van der Waals surface area contributed by atoms with Crippen molar-refractivity contribution in [1.29, 1.82) is 0 Å². The smallest absolute Gasteiger partial charge is 0.211 e. The molecule has 1 heterocycles. The monoisotopic (exact) mass is 297 g/mol. The van der Waals surface area contributed by atoms with E-state index < -0.39 is 6.17 Å². The lowest BCUT2D eigenvalue weighted by Gasteiger charge is -2.10. The minimum Gasteiger partial charge on any atom is -0.383 e. The molecule has 1 atom stereocenters. The molecule has 0 aliphatic carbocycles. The van der Waals surface area contributed by atoms with Crippen LogP contribution in [0, 0.1) is 4.91 Å². The number of hydrogen-bond acceptors (Lipinski definition) is 4. The highest BCUT2D eigenvalue weighted by Crippen LogP contribution is 2.47. The molecule has 0 spiro atoms. The maximum Gasteiger partial charge on any atom is 0.211 e. The summed E-state index contributed by atoms with van der Waals surface area (Å²) in [5, 5.41) is 3.15. The summed E-state index contributed by atoms with van der Waals surface area (Å²) in [6.07, 6.45) is -1.02. The number of fused-ring (bicyclic) bond motifs is 1. The molecule has 4 nitrogen and oxygen atoms in total. The summed E-state index contributed by atoms with van der Waals surface area (Å²) < 4.78 is 0. The van der Waals surface area contributed by atoms with Gasteiger partial charge < -0.3 is 5.73 Å². The van der Waals surface area contributed by atoms with E-state index >= 15 is 0 Å². The molecule has 84 valence electrons. The van der Waals surface area contributed by atoms with Crippen LogP contribution in [0.4, 0.5) is 0 Å². The molecule has 0 amide bonds. The number of halogens is 4. The first kappa shape index (κ1) is 11.9. The van der Waals surface area contributed by atoms with Gasteiger partial charge in [-0.15, -0.1) is 4.91 Å². The lowest BCUT2D eigenvalue weighted by molar-refractivity contribution is 0.789. The van der Waals surface area contributed by atoms with E-state index in [0.717, 1.165) is 0 Å². The molecule has 0 saturated carbocycles. The highest BCUT2D eigenvalue weighted by molar-refractivity contribution is 6.53. The number of nitrogens with two attached hydrogens (primary N) is 1. The highest BCUT2D eigenvalue weighted by Gasteiger charge is 2.32. The van der Waals surface area contributed by atoms with Crippen LogP contribution in [0.1, 0.15) is 17.3 Å². The fraction of sp³-hybridized carbons (Fsp3) is 0.125. The Morgan fingerprint density at radius 3 is 2.19 bits per heavy atom. The normalized spacial score (nSPS) is 18.2. The second kappa shape index (κ2) is 4.04. The SMILES string of the molecule is NC1=NC(N=O)c2c(Cl)c(Cl)c(Cl)c(Cl)c21. The van der Waals surface area contributed by atoms with Gasteiger partial charge in [0.2, 0.25) is 6.17 Å². The van der Waals surface area contributed by atoms with E-state index in [0.29, 0.717) is 11.1 Å². The van der Waals surface area contributed by atoms with Crippen LogP contribution in [-0.2, 0) is 0 Å². The molecule has 2 N–H and O–H groups in total. The third-order valence-corrected chi connectivity index (χ3v) is 4.00. The summed E-state index contributed by atoms with van der Waals surface area (Å²) in [4.78, 5) is 14.4. The lowest BCUT2D eigenvalue weighted by atomic mass is 10.1. The highest BCUT2D eigenvalue weighted by atomic mass is 35.5. The van der Waals surface area contributed by atoms with Crippen molar-refractivity contribution in [1.82, 2.24) is 0 Å². The van der Waals surface area contributed by atoms with E-state index in [1.165, 1.54) is 0 Å². The molecule has 0 bridgehead atoms. The first-order valence-electron chi connectivity index (χ1n) is 4.01. The quantitative estimate of drug-likeness (QED) is 0.487. The Kier molecular flexibility index (Phi) is 3.01. The molecule has 2 rings (SSSR count). The van der Waals surface area contributed by atoms with Crippen molar-refractivity contribution in [3.05, 3.63) is 36.1 Å². The first-order valence-corrected chi connectivity index (χ1v) is 5.52. The van der Waals surface area contributed by atoms with Crippen molar-refractivity contribution < 1.29 is 0 Å². The summed E-state index contributed by atoms with van der Waals surface area (Å²) in [5.41, 5.74) is 6.23. The van der Waals surface area contributed by atoms with Gasteiger partial charge in [0.25, 0.3) is 0 Å². The number of aliphatic imine (C=N–C) groups is 1. The zero-order valence-electron chi connectivity index (χ0n) is 7.47. The van der Waals surface area contributed by atoms with E-state index in [1.807, 2.05) is 0 Å². The zero-order chi connectivity index (χ0) is 12.0. The average molecular weight is 299 g/mol. The van der Waals surface area contributed by atoms with Gasteiger partial charge in [-0.1, -0.05) is 46.4 Å². The molecule has 1 aromatic carbocycles. The van der Waals surface area contributed by atoms with Gasteiger partial charge in [0, 0.05) is 11.1 Å². The molecule has 1 aliphatic rings. The van der Waals surface area contributed by atoms with Gasteiger partial charge in [0.15, 0.2) is 0 Å². The minimum atomic E-state index is -1.02. The van der Waals surface area contributed by atoms with Gasteiger partial charge in [0.05, 0.1) is 20.1 Å². The van der Waals surface area contributed by atoms with Crippen LogP contribution in [0.25, 0.3) is 0 Å². The van der Waals surface area contributed by atoms with Crippen molar-refractivity contribution in [2.45, 2.75) is 6.17 Å². The Morgan fingerprint density at radius 1 is 1.06 bits per heavy atom. The van der Waals surface area contributed by atoms with Gasteiger partial charge in [-0.2, -0.15) is 0 Å². The predicted octanol–water partition coefficient (Wildman–Crippen LogP) is 3.78. The van der Waals surface area contributed by atoms with Gasteiger partial charge >= 0.3 is 0 Å². The maximum atomic E-state index is 10.6. The van der Waals surface area contributed by atoms with Crippen LogP contribution < -0.4 is 5.73 Å². The van der Waals surface area contributed by atoms with Gasteiger partial charge in [-0.3, -0.25) is 0 Å². The molecule has 16 heavy (non-hydrogen) atoms. The number of hydrogen-bond donors (Lipinski definition) is 1. The van der Waals surface area contributed by atoms with E-state index in [2.05, 4.69) is 10.2 Å². The third kappa shape index (κ3) is 1.49. The fourth-order valence-corrected chi connectivity index (χ4v) is 2.54. The second-order valence-corrected chi connectivity index (χ2v) is 4.55. The predicted molar refractivity (Wildman–Crippen MR) is 65.7 cm³/mol. The summed E-state index contributed by atoms with van der Waals surface area (Å²) in [6.45, 7) is 0. The third-order valence-electron chi connectivity index (χ3n) is 2.18. The molecule has 1 aromatic rings. The van der Waals surface area contributed by atoms with Crippen LogP contribution in [0.15, 0.2) is 10.2 Å². The molecule has 0 saturated heterocycles. The Hall–Kier alpha value is -0.550. The Labute approximate surface area is 110 Å². The fourth-order valence-electron chi connectivity index (χ4n) is 1.48. The zero-order valence-corrected chi connectivity index (χ0v) is 10.5. The van der Waals surface area contributed by atoms with E-state index in [1.54, 1.807) is 0 Å². The Bertz CT molecular complexity index is 529. The van der Waals surface area contributed by atoms with Crippen LogP contribution >= 0.6 is 46.4 Å². The number of nitroso groups, excluding NO2 is 1. The largest absolute Gasteiger partial charge is 0.383 e. The van der Waals surface area contributed by atoms with Crippen molar-refractivity contribution in [3.63, 3.8) is 0 Å². The molecule has 1 aliphatic heterocycles. The molecule has 1 unspecified atom stereocenters. The Morgan fingerprint density at radius 2 is 1.62 bits per heavy atom.